The van der Waals surface area contributed by atoms with Crippen molar-refractivity contribution in [1.29, 1.82) is 0 Å². The van der Waals surface area contributed by atoms with Gasteiger partial charge in [-0.15, -0.1) is 0 Å². The van der Waals surface area contributed by atoms with E-state index in [2.05, 4.69) is 17.2 Å². The van der Waals surface area contributed by atoms with Crippen molar-refractivity contribution in [3.8, 4) is 11.8 Å². The van der Waals surface area contributed by atoms with Gasteiger partial charge < -0.3 is 11.1 Å². The molecule has 1 aromatic rings. The number of carbonyl (C=O) groups is 2. The number of nitrogens with two attached hydrogens (primary N) is 1. The summed E-state index contributed by atoms with van der Waals surface area (Å²) in [6.45, 7) is 1.57. The van der Waals surface area contributed by atoms with Crippen LogP contribution in [0, 0.1) is 17.8 Å². The summed E-state index contributed by atoms with van der Waals surface area (Å²) < 4.78 is 0. The van der Waals surface area contributed by atoms with Crippen LogP contribution in [0.15, 0.2) is 30.3 Å². The molecule has 0 heterocycles. The van der Waals surface area contributed by atoms with Gasteiger partial charge in [0.2, 0.25) is 0 Å². The monoisotopic (exact) mass is 369 g/mol. The van der Waals surface area contributed by atoms with Gasteiger partial charge in [0.15, 0.2) is 0 Å². The van der Waals surface area contributed by atoms with Crippen LogP contribution in [0.1, 0.15) is 54.9 Å². The van der Waals surface area contributed by atoms with Crippen LogP contribution in [0.5, 0.6) is 0 Å². The summed E-state index contributed by atoms with van der Waals surface area (Å²) in [6.07, 6.45) is 10.0. The Hall–Kier alpha value is -2.62. The predicted molar refractivity (Wildman–Crippen MR) is 105 cm³/mol. The number of nitrogens with one attached hydrogen (secondary N) is 2. The summed E-state index contributed by atoms with van der Waals surface area (Å²) in [5, 5.41) is 11.3. The van der Waals surface area contributed by atoms with Crippen molar-refractivity contribution in [3.05, 3.63) is 41.5 Å². The Labute approximate surface area is 160 Å². The van der Waals surface area contributed by atoms with Crippen LogP contribution in [0.4, 0.5) is 0 Å². The number of amides is 2. The highest BCUT2D eigenvalue weighted by molar-refractivity contribution is 5.97. The molecule has 0 unspecified atom stereocenters. The van der Waals surface area contributed by atoms with E-state index >= 15 is 0 Å². The van der Waals surface area contributed by atoms with E-state index in [9.17, 15) is 9.59 Å². The lowest BCUT2D eigenvalue weighted by Gasteiger charge is -2.20. The Morgan fingerprint density at radius 2 is 1.89 bits per heavy atom. The van der Waals surface area contributed by atoms with Gasteiger partial charge in [0, 0.05) is 17.5 Å². The maximum atomic E-state index is 12.3. The second-order valence-corrected chi connectivity index (χ2v) is 6.87. The fourth-order valence-electron chi connectivity index (χ4n) is 3.03. The highest BCUT2D eigenvalue weighted by Gasteiger charge is 2.24. The standard InChI is InChI=1S/C21H27N3O3/c1-15(22)19(21(26)24-27)23-20(25)18-13-11-17(12-14-18)10-6-5-9-16-7-3-2-4-8-16/h6,10-16,19,27H,2-4,7-8,22H2,1H3,(H,23,25)(H,24,26)/b10-6+/t15-,19+/m1/s1. The fraction of sp³-hybridized carbons (Fsp3) is 0.429. The summed E-state index contributed by atoms with van der Waals surface area (Å²) in [7, 11) is 0. The number of hydroxylamine groups is 1. The molecule has 2 amide bonds. The normalized spacial score (nSPS) is 16.9. The third kappa shape index (κ3) is 6.55. The van der Waals surface area contributed by atoms with Gasteiger partial charge in [0.1, 0.15) is 6.04 Å². The zero-order chi connectivity index (χ0) is 19.6. The maximum Gasteiger partial charge on any atom is 0.267 e. The molecule has 144 valence electrons. The van der Waals surface area contributed by atoms with E-state index in [4.69, 9.17) is 10.9 Å². The molecular weight excluding hydrogens is 342 g/mol. The lowest BCUT2D eigenvalue weighted by atomic mass is 9.90. The zero-order valence-electron chi connectivity index (χ0n) is 15.6. The summed E-state index contributed by atoms with van der Waals surface area (Å²) in [5.74, 6) is 5.73. The molecule has 0 radical (unpaired) electrons. The van der Waals surface area contributed by atoms with E-state index in [1.165, 1.54) is 37.6 Å². The Balaban J connectivity index is 1.93. The molecule has 1 fully saturated rings. The summed E-state index contributed by atoms with van der Waals surface area (Å²) in [6, 6.07) is 5.28. The van der Waals surface area contributed by atoms with Gasteiger partial charge in [0.05, 0.1) is 0 Å². The third-order valence-electron chi connectivity index (χ3n) is 4.63. The summed E-state index contributed by atoms with van der Waals surface area (Å²) >= 11 is 0. The maximum absolute atomic E-state index is 12.3. The molecule has 1 aliphatic carbocycles. The minimum Gasteiger partial charge on any atom is -0.339 e. The van der Waals surface area contributed by atoms with Crippen LogP contribution in [-0.4, -0.2) is 29.1 Å². The molecule has 5 N–H and O–H groups in total. The first kappa shape index (κ1) is 20.7. The first-order valence-electron chi connectivity index (χ1n) is 9.29. The van der Waals surface area contributed by atoms with E-state index in [0.717, 1.165) is 5.56 Å². The summed E-state index contributed by atoms with van der Waals surface area (Å²) in [5.41, 5.74) is 8.52. The lowest BCUT2D eigenvalue weighted by Crippen LogP contribution is -2.54. The van der Waals surface area contributed by atoms with Crippen LogP contribution in [0.25, 0.3) is 6.08 Å². The highest BCUT2D eigenvalue weighted by Crippen LogP contribution is 2.22. The molecule has 1 aromatic carbocycles. The zero-order valence-corrected chi connectivity index (χ0v) is 15.6. The fourth-order valence-corrected chi connectivity index (χ4v) is 3.03. The average molecular weight is 369 g/mol. The Kier molecular flexibility index (Phi) is 8.05. The van der Waals surface area contributed by atoms with Gasteiger partial charge in [-0.3, -0.25) is 14.8 Å². The van der Waals surface area contributed by atoms with Crippen molar-refractivity contribution in [2.45, 2.75) is 51.1 Å². The largest absolute Gasteiger partial charge is 0.339 e. The highest BCUT2D eigenvalue weighted by atomic mass is 16.5. The second-order valence-electron chi connectivity index (χ2n) is 6.87. The Bertz CT molecular complexity index is 723. The minimum absolute atomic E-state index is 0.400. The molecule has 0 saturated heterocycles. The molecule has 2 rings (SSSR count). The van der Waals surface area contributed by atoms with Gasteiger partial charge >= 0.3 is 0 Å². The number of rotatable bonds is 5. The molecule has 0 aliphatic heterocycles. The summed E-state index contributed by atoms with van der Waals surface area (Å²) in [4.78, 5) is 23.8. The van der Waals surface area contributed by atoms with Crippen LogP contribution >= 0.6 is 0 Å². The smallest absolute Gasteiger partial charge is 0.267 e. The van der Waals surface area contributed by atoms with Crippen LogP contribution in [0.3, 0.4) is 0 Å². The lowest BCUT2D eigenvalue weighted by molar-refractivity contribution is -0.131. The van der Waals surface area contributed by atoms with Gasteiger partial charge in [-0.2, -0.15) is 0 Å². The topological polar surface area (TPSA) is 104 Å². The molecule has 1 aliphatic rings. The quantitative estimate of drug-likeness (QED) is 0.363. The van der Waals surface area contributed by atoms with Crippen molar-refractivity contribution >= 4 is 17.9 Å². The van der Waals surface area contributed by atoms with Crippen molar-refractivity contribution in [1.82, 2.24) is 10.8 Å². The van der Waals surface area contributed by atoms with Crippen molar-refractivity contribution in [2.24, 2.45) is 11.7 Å². The Morgan fingerprint density at radius 1 is 1.22 bits per heavy atom. The number of allylic oxidation sites excluding steroid dienone is 1. The van der Waals surface area contributed by atoms with Crippen LogP contribution in [0.2, 0.25) is 0 Å². The van der Waals surface area contributed by atoms with E-state index in [-0.39, 0.29) is 0 Å². The van der Waals surface area contributed by atoms with E-state index in [1.54, 1.807) is 31.2 Å². The van der Waals surface area contributed by atoms with Gasteiger partial charge in [-0.25, -0.2) is 5.48 Å². The average Bonchev–Trinajstić information content (AvgIpc) is 2.69. The molecule has 27 heavy (non-hydrogen) atoms. The van der Waals surface area contributed by atoms with Crippen molar-refractivity contribution < 1.29 is 14.8 Å². The van der Waals surface area contributed by atoms with Crippen molar-refractivity contribution in [3.63, 3.8) is 0 Å². The molecule has 0 bridgehead atoms. The third-order valence-corrected chi connectivity index (χ3v) is 4.63. The molecule has 6 heteroatoms. The predicted octanol–water partition coefficient (Wildman–Crippen LogP) is 2.23. The molecule has 1 saturated carbocycles. The van der Waals surface area contributed by atoms with Gasteiger partial charge in [0.25, 0.3) is 11.8 Å². The molecule has 2 atom stereocenters. The van der Waals surface area contributed by atoms with Crippen molar-refractivity contribution in [2.75, 3.05) is 0 Å². The Morgan fingerprint density at radius 3 is 2.48 bits per heavy atom. The molecular formula is C21H27N3O3. The van der Waals surface area contributed by atoms with Crippen LogP contribution in [-0.2, 0) is 4.79 Å². The minimum atomic E-state index is -1.02. The molecule has 0 aromatic heterocycles. The molecule has 6 nitrogen and oxygen atoms in total. The number of benzene rings is 1. The number of hydrogen-bond acceptors (Lipinski definition) is 4. The SMILES string of the molecule is C[C@@H](N)[C@H](NC(=O)c1ccc(/C=C/C#CC2CCCCC2)cc1)C(=O)NO. The van der Waals surface area contributed by atoms with Gasteiger partial charge in [-0.05, 0) is 49.6 Å². The van der Waals surface area contributed by atoms with Gasteiger partial charge in [-0.1, -0.05) is 43.2 Å². The molecule has 0 spiro atoms. The number of hydrogen-bond donors (Lipinski definition) is 4. The van der Waals surface area contributed by atoms with E-state index in [0.29, 0.717) is 11.5 Å². The van der Waals surface area contributed by atoms with Crippen LogP contribution < -0.4 is 16.5 Å². The first-order valence-corrected chi connectivity index (χ1v) is 9.29. The van der Waals surface area contributed by atoms with E-state index in [1.807, 2.05) is 12.2 Å². The van der Waals surface area contributed by atoms with E-state index < -0.39 is 23.9 Å². The number of carbonyl (C=O) groups excluding carboxylic acids is 2. The second kappa shape index (κ2) is 10.5. The first-order chi connectivity index (χ1) is 13.0.